The van der Waals surface area contributed by atoms with Crippen LogP contribution in [0.15, 0.2) is 65.7 Å². The first kappa shape index (κ1) is 24.1. The number of aliphatic imine (C=N–C) groups is 1. The third-order valence-corrected chi connectivity index (χ3v) is 6.03. The molecule has 1 saturated carbocycles. The molecule has 34 heavy (non-hydrogen) atoms. The zero-order valence-corrected chi connectivity index (χ0v) is 19.3. The topological polar surface area (TPSA) is 53.5 Å². The molecule has 1 amide bonds. The third kappa shape index (κ3) is 6.10. The van der Waals surface area contributed by atoms with Gasteiger partial charge < -0.3 is 5.32 Å². The maximum Gasteiger partial charge on any atom is 0.258 e. The van der Waals surface area contributed by atoms with E-state index in [-0.39, 0.29) is 34.2 Å². The maximum atomic E-state index is 13.8. The number of anilines is 1. The van der Waals surface area contributed by atoms with Crippen LogP contribution in [0.3, 0.4) is 0 Å². The number of amides is 1. The van der Waals surface area contributed by atoms with E-state index in [2.05, 4.69) is 15.6 Å². The molecule has 1 fully saturated rings. The van der Waals surface area contributed by atoms with Crippen LogP contribution in [0, 0.1) is 17.5 Å². The fourth-order valence-corrected chi connectivity index (χ4v) is 4.42. The molecule has 0 aliphatic heterocycles. The number of hydrogen-bond acceptors (Lipinski definition) is 2. The van der Waals surface area contributed by atoms with E-state index in [0.717, 1.165) is 49.1 Å². The van der Waals surface area contributed by atoms with E-state index >= 15 is 0 Å². The number of carbonyl (C=O) groups excluding carboxylic acids is 1. The summed E-state index contributed by atoms with van der Waals surface area (Å²) in [6.45, 7) is 0. The molecule has 176 valence electrons. The van der Waals surface area contributed by atoms with Crippen LogP contribution >= 0.6 is 23.2 Å². The summed E-state index contributed by atoms with van der Waals surface area (Å²) in [6, 6.07) is 14.2. The second-order valence-corrected chi connectivity index (χ2v) is 8.94. The molecule has 2 atom stereocenters. The number of nitrogens with zero attached hydrogens (tertiary/aromatic N) is 1. The van der Waals surface area contributed by atoms with Crippen molar-refractivity contribution in [2.45, 2.75) is 31.2 Å². The van der Waals surface area contributed by atoms with Crippen LogP contribution in [0.1, 0.15) is 41.1 Å². The van der Waals surface area contributed by atoms with Gasteiger partial charge in [-0.05, 0) is 79.3 Å². The van der Waals surface area contributed by atoms with Crippen molar-refractivity contribution in [3.8, 4) is 0 Å². The van der Waals surface area contributed by atoms with E-state index in [1.54, 1.807) is 0 Å². The molecule has 0 aromatic heterocycles. The van der Waals surface area contributed by atoms with Gasteiger partial charge in [0.25, 0.3) is 5.91 Å². The monoisotopic (exact) mass is 505 g/mol. The Labute approximate surface area is 204 Å². The summed E-state index contributed by atoms with van der Waals surface area (Å²) in [4.78, 5) is 17.3. The highest BCUT2D eigenvalue weighted by Gasteiger charge is 2.26. The number of guanidine groups is 1. The summed E-state index contributed by atoms with van der Waals surface area (Å²) in [5.41, 5.74) is 1.30. The zero-order valence-electron chi connectivity index (χ0n) is 17.8. The van der Waals surface area contributed by atoms with Crippen molar-refractivity contribution < 1.29 is 18.0 Å². The molecule has 3 aromatic carbocycles. The van der Waals surface area contributed by atoms with Crippen LogP contribution in [0.2, 0.25) is 10.0 Å². The summed E-state index contributed by atoms with van der Waals surface area (Å²) in [5, 5.41) is 6.29. The Hall–Kier alpha value is -3.03. The van der Waals surface area contributed by atoms with Gasteiger partial charge >= 0.3 is 0 Å². The minimum absolute atomic E-state index is 0.0492. The molecular formula is C25H20Cl2F3N3O. The van der Waals surface area contributed by atoms with Crippen LogP contribution in [-0.4, -0.2) is 17.9 Å². The number of hydrogen-bond donors (Lipinski definition) is 2. The Balaban J connectivity index is 1.57. The molecule has 3 aromatic rings. The third-order valence-electron chi connectivity index (χ3n) is 5.58. The standard InChI is InChI=1S/C25H20Cl2F3N3O/c26-17-3-1-2-14(8-17)15-4-6-20(9-15)31-25(32-21-12-18(27)11-19(28)13-21)33-24(34)16-5-7-22(29)23(30)10-16/h1-3,5,7-8,10-13,15,20H,4,6,9H2,(H2,31,32,33,34). The Morgan fingerprint density at radius 2 is 1.74 bits per heavy atom. The average molecular weight is 506 g/mol. The van der Waals surface area contributed by atoms with Gasteiger partial charge in [0.15, 0.2) is 11.6 Å². The Bertz CT molecular complexity index is 1230. The normalized spacial score (nSPS) is 18.1. The summed E-state index contributed by atoms with van der Waals surface area (Å²) < 4.78 is 40.7. The summed E-state index contributed by atoms with van der Waals surface area (Å²) in [5.74, 6) is -3.17. The number of benzene rings is 3. The van der Waals surface area contributed by atoms with Gasteiger partial charge in [-0.25, -0.2) is 18.2 Å². The molecule has 1 aliphatic rings. The highest BCUT2D eigenvalue weighted by Crippen LogP contribution is 2.37. The van der Waals surface area contributed by atoms with Crippen LogP contribution in [0.4, 0.5) is 18.9 Å². The summed E-state index contributed by atoms with van der Waals surface area (Å²) in [7, 11) is 0. The largest absolute Gasteiger partial charge is 0.326 e. The van der Waals surface area contributed by atoms with E-state index in [9.17, 15) is 18.0 Å². The predicted molar refractivity (Wildman–Crippen MR) is 128 cm³/mol. The van der Waals surface area contributed by atoms with E-state index in [1.165, 1.54) is 12.1 Å². The van der Waals surface area contributed by atoms with Gasteiger partial charge in [0, 0.05) is 21.3 Å². The van der Waals surface area contributed by atoms with E-state index in [4.69, 9.17) is 23.2 Å². The first-order valence-electron chi connectivity index (χ1n) is 10.6. The fraction of sp³-hybridized carbons (Fsp3) is 0.200. The van der Waals surface area contributed by atoms with Crippen molar-refractivity contribution in [3.05, 3.63) is 99.3 Å². The van der Waals surface area contributed by atoms with E-state index in [0.29, 0.717) is 5.02 Å². The van der Waals surface area contributed by atoms with Crippen molar-refractivity contribution >= 4 is 40.8 Å². The van der Waals surface area contributed by atoms with Crippen molar-refractivity contribution in [2.24, 2.45) is 4.99 Å². The molecule has 0 bridgehead atoms. The summed E-state index contributed by atoms with van der Waals surface area (Å²) >= 11 is 12.1. The Kier molecular flexibility index (Phi) is 7.44. The Morgan fingerprint density at radius 1 is 0.912 bits per heavy atom. The van der Waals surface area contributed by atoms with Crippen molar-refractivity contribution in [3.63, 3.8) is 0 Å². The fourth-order valence-electron chi connectivity index (χ4n) is 4.00. The van der Waals surface area contributed by atoms with Crippen molar-refractivity contribution in [1.29, 1.82) is 0 Å². The number of carbonyl (C=O) groups is 1. The van der Waals surface area contributed by atoms with Gasteiger partial charge in [0.1, 0.15) is 5.82 Å². The van der Waals surface area contributed by atoms with Crippen LogP contribution in [0.25, 0.3) is 0 Å². The number of nitrogens with one attached hydrogen (secondary N) is 2. The highest BCUT2D eigenvalue weighted by molar-refractivity contribution is 6.31. The molecule has 0 radical (unpaired) electrons. The molecule has 0 saturated heterocycles. The molecule has 2 unspecified atom stereocenters. The number of halogens is 5. The van der Waals surface area contributed by atoms with Crippen LogP contribution < -0.4 is 10.6 Å². The average Bonchev–Trinajstić information content (AvgIpc) is 3.23. The molecule has 0 spiro atoms. The molecule has 4 nitrogen and oxygen atoms in total. The van der Waals surface area contributed by atoms with E-state index < -0.39 is 23.4 Å². The van der Waals surface area contributed by atoms with Crippen molar-refractivity contribution in [1.82, 2.24) is 5.32 Å². The lowest BCUT2D eigenvalue weighted by Crippen LogP contribution is -2.37. The van der Waals surface area contributed by atoms with Crippen LogP contribution in [-0.2, 0) is 0 Å². The first-order chi connectivity index (χ1) is 16.3. The lowest BCUT2D eigenvalue weighted by molar-refractivity contribution is 0.0976. The minimum Gasteiger partial charge on any atom is -0.326 e. The molecule has 0 heterocycles. The number of rotatable bonds is 4. The Morgan fingerprint density at radius 3 is 2.47 bits per heavy atom. The van der Waals surface area contributed by atoms with Gasteiger partial charge in [0.2, 0.25) is 5.96 Å². The van der Waals surface area contributed by atoms with Gasteiger partial charge in [-0.15, -0.1) is 0 Å². The van der Waals surface area contributed by atoms with Gasteiger partial charge in [-0.2, -0.15) is 0 Å². The first-order valence-corrected chi connectivity index (χ1v) is 11.3. The quantitative estimate of drug-likeness (QED) is 0.298. The van der Waals surface area contributed by atoms with Gasteiger partial charge in [-0.3, -0.25) is 10.1 Å². The summed E-state index contributed by atoms with van der Waals surface area (Å²) in [6.07, 6.45) is 2.36. The molecular weight excluding hydrogens is 486 g/mol. The lowest BCUT2D eigenvalue weighted by atomic mass is 9.98. The molecule has 9 heteroatoms. The SMILES string of the molecule is O=C(NC(=NC1CCC(c2cccc(Cl)c2)C1)Nc1cc(F)cc(Cl)c1)c1ccc(F)c(F)c1. The molecule has 4 rings (SSSR count). The molecule has 1 aliphatic carbocycles. The van der Waals surface area contributed by atoms with Gasteiger partial charge in [0.05, 0.1) is 6.04 Å². The minimum atomic E-state index is -1.14. The highest BCUT2D eigenvalue weighted by atomic mass is 35.5. The second kappa shape index (κ2) is 10.5. The lowest BCUT2D eigenvalue weighted by Gasteiger charge is -2.15. The smallest absolute Gasteiger partial charge is 0.258 e. The van der Waals surface area contributed by atoms with Gasteiger partial charge in [-0.1, -0.05) is 35.3 Å². The van der Waals surface area contributed by atoms with Crippen LogP contribution in [0.5, 0.6) is 0 Å². The maximum absolute atomic E-state index is 13.8. The molecule has 2 N–H and O–H groups in total. The van der Waals surface area contributed by atoms with E-state index in [1.807, 2.05) is 24.3 Å². The predicted octanol–water partition coefficient (Wildman–Crippen LogP) is 6.94. The zero-order chi connectivity index (χ0) is 24.2. The van der Waals surface area contributed by atoms with Crippen molar-refractivity contribution in [2.75, 3.05) is 5.32 Å². The second-order valence-electron chi connectivity index (χ2n) is 8.06.